The van der Waals surface area contributed by atoms with Gasteiger partial charge in [0, 0.05) is 28.8 Å². The zero-order chi connectivity index (χ0) is 30.5. The first kappa shape index (κ1) is 29.6. The van der Waals surface area contributed by atoms with Gasteiger partial charge in [0.15, 0.2) is 5.78 Å². The lowest BCUT2D eigenvalue weighted by Gasteiger charge is -2.39. The van der Waals surface area contributed by atoms with Crippen LogP contribution in [0, 0.1) is 5.92 Å². The predicted molar refractivity (Wildman–Crippen MR) is 161 cm³/mol. The summed E-state index contributed by atoms with van der Waals surface area (Å²) in [5.74, 6) is -2.25. The highest BCUT2D eigenvalue weighted by Crippen LogP contribution is 2.49. The van der Waals surface area contributed by atoms with Crippen LogP contribution in [-0.4, -0.2) is 38.0 Å². The van der Waals surface area contributed by atoms with Crippen LogP contribution in [0.2, 0.25) is 0 Å². The number of Topliss-reactive ketones (excluding diaryl/α,β-unsaturated/α-hetero) is 1. The number of ketones is 1. The van der Waals surface area contributed by atoms with Gasteiger partial charge in [0.1, 0.15) is 23.2 Å². The molecule has 0 radical (unpaired) electrons. The van der Waals surface area contributed by atoms with Gasteiger partial charge in [-0.05, 0) is 68.7 Å². The number of hydrogen-bond acceptors (Lipinski definition) is 8. The van der Waals surface area contributed by atoms with Crippen LogP contribution in [0.3, 0.4) is 0 Å². The third-order valence-electron chi connectivity index (χ3n) is 7.76. The van der Waals surface area contributed by atoms with E-state index in [0.717, 1.165) is 5.56 Å². The molecular weight excluding hydrogens is 546 g/mol. The Hall–Kier alpha value is -4.85. The Morgan fingerprint density at radius 2 is 1.58 bits per heavy atom. The third-order valence-corrected chi connectivity index (χ3v) is 7.76. The summed E-state index contributed by atoms with van der Waals surface area (Å²) >= 11 is 0. The first-order chi connectivity index (χ1) is 20.9. The maximum atomic E-state index is 14.6. The highest BCUT2D eigenvalue weighted by Gasteiger charge is 2.49. The van der Waals surface area contributed by atoms with Gasteiger partial charge in [-0.15, -0.1) is 0 Å². The molecule has 1 aliphatic carbocycles. The number of ether oxygens (including phenoxy) is 4. The van der Waals surface area contributed by atoms with E-state index in [1.165, 1.54) is 0 Å². The second kappa shape index (κ2) is 13.0. The minimum absolute atomic E-state index is 0.126. The highest BCUT2D eigenvalue weighted by atomic mass is 16.5. The lowest BCUT2D eigenvalue weighted by atomic mass is 9.67. The van der Waals surface area contributed by atoms with Crippen LogP contribution < -0.4 is 14.8 Å². The first-order valence-electron chi connectivity index (χ1n) is 14.4. The summed E-state index contributed by atoms with van der Waals surface area (Å²) in [5.41, 5.74) is 3.27. The van der Waals surface area contributed by atoms with Crippen molar-refractivity contribution in [2.45, 2.75) is 39.0 Å². The molecule has 0 saturated heterocycles. The maximum Gasteiger partial charge on any atom is 0.336 e. The summed E-state index contributed by atoms with van der Waals surface area (Å²) < 4.78 is 22.6. The Labute approximate surface area is 251 Å². The van der Waals surface area contributed by atoms with Crippen molar-refractivity contribution in [1.29, 1.82) is 0 Å². The van der Waals surface area contributed by atoms with Gasteiger partial charge in [0.25, 0.3) is 0 Å². The number of dihydropyridines is 1. The standard InChI is InChI=1S/C35H35NO7/c1-5-41-34(38)29-21(3)36-27-20-26(25-17-10-11-18-28(25)40-4)31(35(39)42-6-2)33(37)32(27)30(29)22-13-12-16-24(19-22)43-23-14-8-7-9-15-23/h7-19,26,30-31,36H,5-6,20H2,1-4H3/t26-,30+,31+/m0/s1. The van der Waals surface area contributed by atoms with Crippen molar-refractivity contribution in [2.75, 3.05) is 20.3 Å². The van der Waals surface area contributed by atoms with E-state index in [0.29, 0.717) is 51.8 Å². The Kier molecular flexibility index (Phi) is 8.95. The fourth-order valence-electron chi connectivity index (χ4n) is 6.00. The van der Waals surface area contributed by atoms with Gasteiger partial charge >= 0.3 is 11.9 Å². The molecule has 43 heavy (non-hydrogen) atoms. The van der Waals surface area contributed by atoms with Gasteiger partial charge in [-0.2, -0.15) is 0 Å². The van der Waals surface area contributed by atoms with Crippen molar-refractivity contribution in [3.05, 3.63) is 113 Å². The average Bonchev–Trinajstić information content (AvgIpc) is 3.01. The van der Waals surface area contributed by atoms with E-state index < -0.39 is 35.5 Å². The molecule has 222 valence electrons. The average molecular weight is 582 g/mol. The molecule has 2 aliphatic rings. The van der Waals surface area contributed by atoms with Gasteiger partial charge in [-0.25, -0.2) is 4.79 Å². The van der Waals surface area contributed by atoms with Crippen LogP contribution in [0.25, 0.3) is 0 Å². The third kappa shape index (κ3) is 5.91. The van der Waals surface area contributed by atoms with E-state index >= 15 is 0 Å². The molecule has 0 bridgehead atoms. The molecule has 0 unspecified atom stereocenters. The number of carbonyl (C=O) groups is 3. The number of methoxy groups -OCH3 is 1. The number of nitrogens with one attached hydrogen (secondary N) is 1. The molecule has 0 amide bonds. The van der Waals surface area contributed by atoms with Crippen molar-refractivity contribution in [3.8, 4) is 17.2 Å². The van der Waals surface area contributed by atoms with Crippen LogP contribution in [0.15, 0.2) is 101 Å². The second-order valence-electron chi connectivity index (χ2n) is 10.3. The SMILES string of the molecule is CCOC(=O)C1=C(C)NC2=C(C(=O)[C@H](C(=O)OCC)[C@H](c3ccccc3OC)C2)[C@@H]1c1cccc(Oc2ccccc2)c1. The minimum Gasteiger partial charge on any atom is -0.496 e. The topological polar surface area (TPSA) is 100 Å². The molecule has 0 spiro atoms. The Morgan fingerprint density at radius 3 is 2.30 bits per heavy atom. The van der Waals surface area contributed by atoms with Crippen molar-refractivity contribution in [1.82, 2.24) is 5.32 Å². The number of para-hydroxylation sites is 2. The fraction of sp³-hybridized carbons (Fsp3) is 0.286. The number of carbonyl (C=O) groups excluding carboxylic acids is 3. The molecule has 0 saturated carbocycles. The summed E-state index contributed by atoms with van der Waals surface area (Å²) in [6.45, 7) is 5.54. The van der Waals surface area contributed by atoms with E-state index in [9.17, 15) is 14.4 Å². The Balaban J connectivity index is 1.66. The molecule has 1 aliphatic heterocycles. The highest BCUT2D eigenvalue weighted by molar-refractivity contribution is 6.13. The van der Waals surface area contributed by atoms with Gasteiger partial charge in [0.05, 0.1) is 25.9 Å². The van der Waals surface area contributed by atoms with Gasteiger partial charge in [-0.1, -0.05) is 48.5 Å². The van der Waals surface area contributed by atoms with Gasteiger partial charge < -0.3 is 24.3 Å². The van der Waals surface area contributed by atoms with Crippen molar-refractivity contribution < 1.29 is 33.3 Å². The summed E-state index contributed by atoms with van der Waals surface area (Å²) in [5, 5.41) is 3.33. The van der Waals surface area contributed by atoms with Crippen LogP contribution in [0.1, 0.15) is 50.2 Å². The molecule has 0 fully saturated rings. The van der Waals surface area contributed by atoms with E-state index in [2.05, 4.69) is 5.32 Å². The predicted octanol–water partition coefficient (Wildman–Crippen LogP) is 6.20. The molecule has 3 aromatic carbocycles. The summed E-state index contributed by atoms with van der Waals surface area (Å²) in [7, 11) is 1.56. The summed E-state index contributed by atoms with van der Waals surface area (Å²) in [6.07, 6.45) is 0.328. The number of rotatable bonds is 9. The molecule has 1 N–H and O–H groups in total. The van der Waals surface area contributed by atoms with E-state index in [-0.39, 0.29) is 13.2 Å². The molecular formula is C35H35NO7. The quantitative estimate of drug-likeness (QED) is 0.236. The molecule has 8 heteroatoms. The molecule has 3 aromatic rings. The maximum absolute atomic E-state index is 14.6. The summed E-state index contributed by atoms with van der Waals surface area (Å²) in [6, 6.07) is 24.0. The zero-order valence-corrected chi connectivity index (χ0v) is 24.7. The minimum atomic E-state index is -1.13. The van der Waals surface area contributed by atoms with E-state index in [1.807, 2.05) is 78.9 Å². The van der Waals surface area contributed by atoms with Crippen LogP contribution >= 0.6 is 0 Å². The number of hydrogen-bond donors (Lipinski definition) is 1. The van der Waals surface area contributed by atoms with Crippen LogP contribution in [-0.2, 0) is 23.9 Å². The fourth-order valence-corrected chi connectivity index (χ4v) is 6.00. The Bertz CT molecular complexity index is 1590. The molecule has 5 rings (SSSR count). The number of benzene rings is 3. The molecule has 0 aromatic heterocycles. The number of esters is 2. The molecule has 8 nitrogen and oxygen atoms in total. The number of allylic oxidation sites excluding steroid dienone is 3. The van der Waals surface area contributed by atoms with E-state index in [4.69, 9.17) is 18.9 Å². The largest absolute Gasteiger partial charge is 0.496 e. The lowest BCUT2D eigenvalue weighted by molar-refractivity contribution is -0.152. The van der Waals surface area contributed by atoms with E-state index in [1.54, 1.807) is 27.9 Å². The second-order valence-corrected chi connectivity index (χ2v) is 10.3. The van der Waals surface area contributed by atoms with Crippen molar-refractivity contribution >= 4 is 17.7 Å². The van der Waals surface area contributed by atoms with Gasteiger partial charge in [0.2, 0.25) is 0 Å². The van der Waals surface area contributed by atoms with Crippen LogP contribution in [0.5, 0.6) is 17.2 Å². The summed E-state index contributed by atoms with van der Waals surface area (Å²) in [4.78, 5) is 41.5. The Morgan fingerprint density at radius 1 is 0.884 bits per heavy atom. The normalized spacial score (nSPS) is 19.7. The monoisotopic (exact) mass is 581 g/mol. The van der Waals surface area contributed by atoms with Crippen molar-refractivity contribution in [3.63, 3.8) is 0 Å². The lowest BCUT2D eigenvalue weighted by Crippen LogP contribution is -2.43. The zero-order valence-electron chi connectivity index (χ0n) is 24.7. The molecule has 3 atom stereocenters. The van der Waals surface area contributed by atoms with Crippen molar-refractivity contribution in [2.24, 2.45) is 5.92 Å². The molecule has 1 heterocycles. The smallest absolute Gasteiger partial charge is 0.336 e. The first-order valence-corrected chi connectivity index (χ1v) is 14.4. The van der Waals surface area contributed by atoms with Crippen LogP contribution in [0.4, 0.5) is 0 Å². The van der Waals surface area contributed by atoms with Gasteiger partial charge in [-0.3, -0.25) is 9.59 Å².